The fraction of sp³-hybridized carbons (Fsp3) is 0.493. The van der Waals surface area contributed by atoms with Gasteiger partial charge < -0.3 is 46.9 Å². The second kappa shape index (κ2) is 35.2. The molecule has 2 aliphatic rings. The molecule has 7 rings (SSSR count). The summed E-state index contributed by atoms with van der Waals surface area (Å²) in [5.41, 5.74) is 1.04. The Labute approximate surface area is 529 Å². The molecular formula is C67H86N7O15P. The summed E-state index contributed by atoms with van der Waals surface area (Å²) < 4.78 is 65.2. The van der Waals surface area contributed by atoms with Gasteiger partial charge in [-0.1, -0.05) is 66.4 Å². The van der Waals surface area contributed by atoms with E-state index in [1.807, 2.05) is 118 Å². The van der Waals surface area contributed by atoms with Crippen LogP contribution in [0.1, 0.15) is 88.3 Å². The predicted molar refractivity (Wildman–Crippen MR) is 339 cm³/mol. The first kappa shape index (κ1) is 70.0. The lowest BCUT2D eigenvalue weighted by Crippen LogP contribution is -2.52. The van der Waals surface area contributed by atoms with E-state index < -0.39 is 67.8 Å². The molecule has 0 saturated carbocycles. The Kier molecular flexibility index (Phi) is 27.4. The Bertz CT molecular complexity index is 3210. The van der Waals surface area contributed by atoms with E-state index in [-0.39, 0.29) is 64.3 Å². The number of unbranched alkanes of at least 4 members (excludes halogenated alkanes) is 2. The number of ether oxygens (including phenoxy) is 8. The molecule has 0 radical (unpaired) electrons. The van der Waals surface area contributed by atoms with E-state index in [1.165, 1.54) is 42.7 Å². The minimum Gasteiger partial charge on any atom is -0.497 e. The normalized spacial score (nSPS) is 17.5. The van der Waals surface area contributed by atoms with Crippen LogP contribution in [-0.2, 0) is 59.3 Å². The van der Waals surface area contributed by atoms with E-state index in [0.29, 0.717) is 75.8 Å². The molecule has 4 aromatic carbocycles. The number of esters is 3. The van der Waals surface area contributed by atoms with Crippen LogP contribution in [0.15, 0.2) is 125 Å². The molecule has 0 bridgehead atoms. The van der Waals surface area contributed by atoms with Crippen LogP contribution in [0.5, 0.6) is 17.2 Å². The van der Waals surface area contributed by atoms with Gasteiger partial charge in [0, 0.05) is 88.6 Å². The maximum atomic E-state index is 14.6. The van der Waals surface area contributed by atoms with Crippen molar-refractivity contribution in [2.24, 2.45) is 0 Å². The summed E-state index contributed by atoms with van der Waals surface area (Å²) in [7, 11) is 5.46. The van der Waals surface area contributed by atoms with Crippen LogP contribution in [0.4, 0.5) is 0 Å². The Morgan fingerprint density at radius 3 is 1.74 bits per heavy atom. The van der Waals surface area contributed by atoms with Gasteiger partial charge in [0.2, 0.25) is 0 Å². The molecule has 3 heterocycles. The molecule has 22 nitrogen and oxygen atoms in total. The molecule has 5 aromatic rings. The highest BCUT2D eigenvalue weighted by molar-refractivity contribution is 7.44. The Morgan fingerprint density at radius 2 is 1.21 bits per heavy atom. The molecule has 23 heteroatoms. The Hall–Kier alpha value is -7.47. The quantitative estimate of drug-likeness (QED) is 0.0114. The van der Waals surface area contributed by atoms with Gasteiger partial charge in [0.1, 0.15) is 41.3 Å². The van der Waals surface area contributed by atoms with Crippen molar-refractivity contribution >= 4 is 26.4 Å². The molecule has 1 aromatic heterocycles. The van der Waals surface area contributed by atoms with E-state index in [4.69, 9.17) is 46.9 Å². The maximum absolute atomic E-state index is 14.6. The van der Waals surface area contributed by atoms with E-state index in [2.05, 4.69) is 50.3 Å². The number of hydrogen-bond donors (Lipinski definition) is 0. The number of benzene rings is 4. The van der Waals surface area contributed by atoms with Crippen molar-refractivity contribution in [2.45, 2.75) is 109 Å². The number of rotatable bonds is 29. The van der Waals surface area contributed by atoms with Crippen molar-refractivity contribution in [3.63, 3.8) is 0 Å². The largest absolute Gasteiger partial charge is 0.497 e. The lowest BCUT2D eigenvalue weighted by Gasteiger charge is -2.39. The van der Waals surface area contributed by atoms with Crippen LogP contribution in [0, 0.1) is 23.2 Å². The van der Waals surface area contributed by atoms with Crippen molar-refractivity contribution in [1.29, 1.82) is 5.26 Å². The third kappa shape index (κ3) is 19.5. The van der Waals surface area contributed by atoms with Crippen molar-refractivity contribution in [3.05, 3.63) is 158 Å². The fourth-order valence-electron chi connectivity index (χ4n) is 11.0. The molecule has 0 N–H and O–H groups in total. The average Bonchev–Trinajstić information content (AvgIpc) is 1.17. The van der Waals surface area contributed by atoms with Crippen molar-refractivity contribution in [3.8, 4) is 35.2 Å². The highest BCUT2D eigenvalue weighted by Gasteiger charge is 2.45. The number of methoxy groups -OCH3 is 5. The number of aromatic nitrogens is 2. The second-order valence-electron chi connectivity index (χ2n) is 22.4. The van der Waals surface area contributed by atoms with Gasteiger partial charge in [-0.3, -0.25) is 43.0 Å². The summed E-state index contributed by atoms with van der Waals surface area (Å²) >= 11 is 0. The highest BCUT2D eigenvalue weighted by Crippen LogP contribution is 2.51. The summed E-state index contributed by atoms with van der Waals surface area (Å²) in [5, 5.41) is 9.53. The molecular weight excluding hydrogens is 1170 g/mol. The van der Waals surface area contributed by atoms with Gasteiger partial charge in [-0.15, -0.1) is 0 Å². The van der Waals surface area contributed by atoms with E-state index in [1.54, 1.807) is 14.2 Å². The summed E-state index contributed by atoms with van der Waals surface area (Å²) in [6.45, 7) is 11.0. The molecule has 0 amide bonds. The zero-order valence-corrected chi connectivity index (χ0v) is 54.1. The van der Waals surface area contributed by atoms with Crippen molar-refractivity contribution < 1.29 is 61.3 Å². The van der Waals surface area contributed by atoms with Crippen molar-refractivity contribution in [1.82, 2.24) is 28.5 Å². The first-order chi connectivity index (χ1) is 43.5. The first-order valence-electron chi connectivity index (χ1n) is 30.4. The van der Waals surface area contributed by atoms with Gasteiger partial charge in [0.15, 0.2) is 0 Å². The standard InChI is InChI=1S/C67H86N7O15P/c1-49(2)74(50(3)4)90(86-41-17-34-68)89-59-42-62(88-60(59)48-85-67(52-19-14-12-15-20-52,53-23-29-55(80-5)30-24-53)54-25-31-56(81-6)32-26-54)73-36-33-61(75)72(66(73)79)35-16-11-10-13-18-51-21-27-57(28-22-51)87-58-43-70(46-64(77)83-8)39-37-69(45-63(76)82-7)38-40-71(44-58)47-65(78)84-9/h12,14-15,19-33,36,49-50,58-60,62H,10-11,16-17,35,37-48H2,1-9H3/t59?,60-,62-,90?/m1/s1. The Balaban J connectivity index is 1.07. The predicted octanol–water partition coefficient (Wildman–Crippen LogP) is 7.39. The van der Waals surface area contributed by atoms with Crippen LogP contribution in [0.25, 0.3) is 0 Å². The van der Waals surface area contributed by atoms with Gasteiger partial charge in [0.05, 0.1) is 87.0 Å². The van der Waals surface area contributed by atoms with Crippen LogP contribution in [0.3, 0.4) is 0 Å². The lowest BCUT2D eigenvalue weighted by atomic mass is 9.80. The van der Waals surface area contributed by atoms with Crippen LogP contribution < -0.4 is 25.5 Å². The van der Waals surface area contributed by atoms with E-state index in [0.717, 1.165) is 22.3 Å². The zero-order chi connectivity index (χ0) is 64.6. The van der Waals surface area contributed by atoms with E-state index >= 15 is 0 Å². The maximum Gasteiger partial charge on any atom is 0.333 e. The van der Waals surface area contributed by atoms with Gasteiger partial charge in [0.25, 0.3) is 14.1 Å². The summed E-state index contributed by atoms with van der Waals surface area (Å²) in [6, 6.07) is 36.3. The SMILES string of the molecule is COC(=O)CN1CCN(CC(=O)OC)CC(Oc2ccc(C#CCCCCn3c(=O)ccn([C@H]4CC(OP(OCCC#N)N(C(C)C)C(C)C)[C@@H](COC(c5ccccc5)(c5ccc(OC)cc5)c5ccc(OC)cc5)O4)c3=O)cc2)CN(CC(=O)OC)CC1. The van der Waals surface area contributed by atoms with Gasteiger partial charge >= 0.3 is 23.6 Å². The third-order valence-electron chi connectivity index (χ3n) is 15.6. The minimum absolute atomic E-state index is 0.00481. The summed E-state index contributed by atoms with van der Waals surface area (Å²) in [4.78, 5) is 71.1. The highest BCUT2D eigenvalue weighted by atomic mass is 31.2. The van der Waals surface area contributed by atoms with E-state index in [9.17, 15) is 29.2 Å². The van der Waals surface area contributed by atoms with Crippen LogP contribution >= 0.6 is 8.53 Å². The van der Waals surface area contributed by atoms with Gasteiger partial charge in [-0.2, -0.15) is 5.26 Å². The van der Waals surface area contributed by atoms with Gasteiger partial charge in [-0.25, -0.2) is 9.46 Å². The van der Waals surface area contributed by atoms with Crippen molar-refractivity contribution in [2.75, 3.05) is 108 Å². The smallest absolute Gasteiger partial charge is 0.333 e. The average molecular weight is 1260 g/mol. The zero-order valence-electron chi connectivity index (χ0n) is 53.2. The number of nitriles is 1. The summed E-state index contributed by atoms with van der Waals surface area (Å²) in [6.07, 6.45) is 0.593. The number of carbonyl (C=O) groups is 3. The third-order valence-corrected chi connectivity index (χ3v) is 17.7. The molecule has 2 unspecified atom stereocenters. The lowest BCUT2D eigenvalue weighted by molar-refractivity contribution is -0.144. The summed E-state index contributed by atoms with van der Waals surface area (Å²) in [5.74, 6) is 7.11. The Morgan fingerprint density at radius 1 is 0.678 bits per heavy atom. The minimum atomic E-state index is -1.77. The molecule has 2 aliphatic heterocycles. The molecule has 90 heavy (non-hydrogen) atoms. The number of carbonyl (C=O) groups excluding carboxylic acids is 3. The molecule has 0 spiro atoms. The molecule has 2 saturated heterocycles. The topological polar surface area (TPSA) is 224 Å². The second-order valence-corrected chi connectivity index (χ2v) is 23.8. The molecule has 4 atom stereocenters. The first-order valence-corrected chi connectivity index (χ1v) is 31.5. The molecule has 484 valence electrons. The van der Waals surface area contributed by atoms with Gasteiger partial charge in [-0.05, 0) is 106 Å². The monoisotopic (exact) mass is 1260 g/mol. The molecule has 2 fully saturated rings. The number of nitrogens with zero attached hydrogens (tertiary/aromatic N) is 7. The van der Waals surface area contributed by atoms with Crippen LogP contribution in [-0.4, -0.2) is 184 Å². The number of hydrogen-bond acceptors (Lipinski definition) is 20. The van der Waals surface area contributed by atoms with Crippen LogP contribution in [0.2, 0.25) is 0 Å². The molecule has 0 aliphatic carbocycles. The fourth-order valence-corrected chi connectivity index (χ4v) is 12.8.